The molecule has 2 saturated heterocycles. The number of fused-ring (bicyclic) bond motifs is 5. The van der Waals surface area contributed by atoms with Gasteiger partial charge in [-0.3, -0.25) is 4.90 Å². The fourth-order valence-corrected chi connectivity index (χ4v) is 6.45. The van der Waals surface area contributed by atoms with Crippen LogP contribution in [-0.2, 0) is 21.0 Å². The highest BCUT2D eigenvalue weighted by molar-refractivity contribution is 7.91. The van der Waals surface area contributed by atoms with E-state index in [9.17, 15) is 13.2 Å². The lowest BCUT2D eigenvalue weighted by Gasteiger charge is -2.48. The zero-order chi connectivity index (χ0) is 25.3. The molecule has 190 valence electrons. The maximum atomic E-state index is 15.2. The van der Waals surface area contributed by atoms with Gasteiger partial charge in [-0.15, -0.1) is 0 Å². The number of pyridine rings is 1. The molecule has 1 amide bonds. The summed E-state index contributed by atoms with van der Waals surface area (Å²) in [4.78, 5) is 29.9. The number of nitrogens with zero attached hydrogens (tertiary/aromatic N) is 5. The summed E-state index contributed by atoms with van der Waals surface area (Å²) < 4.78 is 46.4. The van der Waals surface area contributed by atoms with Crippen molar-refractivity contribution in [3.8, 4) is 0 Å². The van der Waals surface area contributed by atoms with Crippen LogP contribution in [0.1, 0.15) is 59.1 Å². The predicted molar refractivity (Wildman–Crippen MR) is 129 cm³/mol. The van der Waals surface area contributed by atoms with Gasteiger partial charge in [0.25, 0.3) is 0 Å². The van der Waals surface area contributed by atoms with Crippen LogP contribution >= 0.6 is 11.6 Å². The van der Waals surface area contributed by atoms with E-state index in [0.717, 1.165) is 25.7 Å². The van der Waals surface area contributed by atoms with Crippen LogP contribution < -0.4 is 4.90 Å². The van der Waals surface area contributed by atoms with Crippen molar-refractivity contribution >= 4 is 44.3 Å². The number of hydrogen-bond donors (Lipinski definition) is 0. The second-order valence-electron chi connectivity index (χ2n) is 10.4. The van der Waals surface area contributed by atoms with Crippen LogP contribution in [0.15, 0.2) is 5.16 Å². The highest BCUT2D eigenvalue weighted by Crippen LogP contribution is 2.43. The van der Waals surface area contributed by atoms with E-state index in [1.807, 2.05) is 30.6 Å². The third-order valence-corrected chi connectivity index (χ3v) is 8.78. The number of hydrogen-bond acceptors (Lipinski definition) is 8. The number of carbonyl (C=O) groups excluding carboxylic acids is 1. The highest BCUT2D eigenvalue weighted by Gasteiger charge is 2.50. The van der Waals surface area contributed by atoms with Crippen LogP contribution in [0.25, 0.3) is 10.9 Å². The zero-order valence-electron chi connectivity index (χ0n) is 20.2. The standard InChI is InChI=1S/C23H29ClFN5O4S/c1-5-35(32,33)21-27-18-16-13(26-19(24)17(18)25)7-6-8-14-15-10-9-12(11-29(14)20(16)28-21)30(15)22(31)34-23(2,3)4/h12,14-15H,5-11H2,1-4H3/t12-,14+,15+/m1/s1. The molecule has 3 aliphatic rings. The first-order valence-electron chi connectivity index (χ1n) is 12.0. The van der Waals surface area contributed by atoms with E-state index < -0.39 is 26.4 Å². The summed E-state index contributed by atoms with van der Waals surface area (Å²) in [5.74, 6) is -0.716. The Bertz CT molecular complexity index is 1320. The van der Waals surface area contributed by atoms with E-state index in [1.54, 1.807) is 0 Å². The van der Waals surface area contributed by atoms with Crippen molar-refractivity contribution in [2.75, 3.05) is 17.2 Å². The Morgan fingerprint density at radius 1 is 1.17 bits per heavy atom. The van der Waals surface area contributed by atoms with Crippen LogP contribution in [0.5, 0.6) is 0 Å². The molecule has 2 aromatic rings. The predicted octanol–water partition coefficient (Wildman–Crippen LogP) is 3.90. The Morgan fingerprint density at radius 2 is 1.91 bits per heavy atom. The Labute approximate surface area is 208 Å². The van der Waals surface area contributed by atoms with E-state index >= 15 is 4.39 Å². The molecule has 2 bridgehead atoms. The Balaban J connectivity index is 1.67. The molecule has 35 heavy (non-hydrogen) atoms. The number of ether oxygens (including phenoxy) is 1. The number of piperazine rings is 1. The molecule has 2 aromatic heterocycles. The summed E-state index contributed by atoms with van der Waals surface area (Å²) >= 11 is 6.08. The fraction of sp³-hybridized carbons (Fsp3) is 0.652. The van der Waals surface area contributed by atoms with E-state index in [-0.39, 0.29) is 40.6 Å². The number of aryl methyl sites for hydroxylation is 1. The number of anilines is 1. The molecule has 3 aliphatic heterocycles. The second kappa shape index (κ2) is 8.40. The molecular weight excluding hydrogens is 497 g/mol. The smallest absolute Gasteiger partial charge is 0.410 e. The van der Waals surface area contributed by atoms with Gasteiger partial charge in [-0.1, -0.05) is 18.5 Å². The Morgan fingerprint density at radius 3 is 2.60 bits per heavy atom. The third kappa shape index (κ3) is 4.10. The molecule has 5 rings (SSSR count). The number of sulfone groups is 1. The van der Waals surface area contributed by atoms with Crippen LogP contribution in [0.2, 0.25) is 5.15 Å². The first-order valence-corrected chi connectivity index (χ1v) is 14.0. The second-order valence-corrected chi connectivity index (χ2v) is 12.9. The van der Waals surface area contributed by atoms with Crippen molar-refractivity contribution in [3.63, 3.8) is 0 Å². The lowest BCUT2D eigenvalue weighted by atomic mass is 9.93. The number of carbonyl (C=O) groups is 1. The van der Waals surface area contributed by atoms with Gasteiger partial charge in [0.05, 0.1) is 35.0 Å². The molecule has 9 nitrogen and oxygen atoms in total. The maximum Gasteiger partial charge on any atom is 0.410 e. The van der Waals surface area contributed by atoms with E-state index in [2.05, 4.69) is 15.0 Å². The Kier molecular flexibility index (Phi) is 5.86. The first kappa shape index (κ1) is 24.4. The zero-order valence-corrected chi connectivity index (χ0v) is 21.8. The number of aromatic nitrogens is 3. The minimum Gasteiger partial charge on any atom is -0.444 e. The van der Waals surface area contributed by atoms with Gasteiger partial charge in [0.1, 0.15) is 16.9 Å². The van der Waals surface area contributed by atoms with Crippen molar-refractivity contribution in [1.29, 1.82) is 0 Å². The average Bonchev–Trinajstić information content (AvgIpc) is 3.10. The van der Waals surface area contributed by atoms with E-state index in [4.69, 9.17) is 16.3 Å². The van der Waals surface area contributed by atoms with Crippen molar-refractivity contribution in [3.05, 3.63) is 16.7 Å². The molecule has 0 unspecified atom stereocenters. The van der Waals surface area contributed by atoms with Gasteiger partial charge in [-0.2, -0.15) is 0 Å². The summed E-state index contributed by atoms with van der Waals surface area (Å²) in [5, 5.41) is -0.350. The monoisotopic (exact) mass is 525 g/mol. The SMILES string of the molecule is CCS(=O)(=O)c1nc2c3c(nc(Cl)c(F)c3n1)CCC[C@H]1[C@@H]3CC[C@H](CN21)N3C(=O)OC(C)(C)C. The number of rotatable bonds is 2. The van der Waals surface area contributed by atoms with Crippen molar-refractivity contribution < 1.29 is 22.3 Å². The molecule has 0 aliphatic carbocycles. The van der Waals surface area contributed by atoms with Crippen molar-refractivity contribution in [1.82, 2.24) is 19.9 Å². The van der Waals surface area contributed by atoms with Crippen molar-refractivity contribution in [2.45, 2.75) is 88.7 Å². The Hall–Kier alpha value is -2.27. The third-order valence-electron chi connectivity index (χ3n) is 7.03. The minimum absolute atomic E-state index is 0.119. The molecule has 3 atom stereocenters. The van der Waals surface area contributed by atoms with Gasteiger partial charge in [0.15, 0.2) is 11.0 Å². The van der Waals surface area contributed by atoms with Gasteiger partial charge in [-0.05, 0) is 52.9 Å². The molecular formula is C23H29ClFN5O4S. The van der Waals surface area contributed by atoms with Crippen LogP contribution in [0.3, 0.4) is 0 Å². The maximum absolute atomic E-state index is 15.2. The van der Waals surface area contributed by atoms with E-state index in [0.29, 0.717) is 29.9 Å². The molecule has 0 N–H and O–H groups in total. The van der Waals surface area contributed by atoms with E-state index in [1.165, 1.54) is 6.92 Å². The summed E-state index contributed by atoms with van der Waals surface area (Å²) in [6.07, 6.45) is 3.25. The molecule has 12 heteroatoms. The topological polar surface area (TPSA) is 106 Å². The van der Waals surface area contributed by atoms with Gasteiger partial charge in [0, 0.05) is 6.54 Å². The molecule has 0 radical (unpaired) electrons. The summed E-state index contributed by atoms with van der Waals surface area (Å²) in [5.41, 5.74) is -0.181. The minimum atomic E-state index is -3.82. The molecule has 0 saturated carbocycles. The van der Waals surface area contributed by atoms with Gasteiger partial charge in [-0.25, -0.2) is 32.6 Å². The lowest BCUT2D eigenvalue weighted by molar-refractivity contribution is 0.00701. The van der Waals surface area contributed by atoms with Gasteiger partial charge < -0.3 is 9.64 Å². The first-order chi connectivity index (χ1) is 16.4. The number of amides is 1. The summed E-state index contributed by atoms with van der Waals surface area (Å²) in [7, 11) is -3.82. The molecule has 2 fully saturated rings. The molecule has 0 spiro atoms. The highest BCUT2D eigenvalue weighted by atomic mass is 35.5. The molecule has 5 heterocycles. The largest absolute Gasteiger partial charge is 0.444 e. The van der Waals surface area contributed by atoms with Crippen LogP contribution in [0, 0.1) is 5.82 Å². The normalized spacial score (nSPS) is 24.2. The lowest BCUT2D eigenvalue weighted by Crippen LogP contribution is -2.62. The molecule has 0 aromatic carbocycles. The van der Waals surface area contributed by atoms with Crippen molar-refractivity contribution in [2.24, 2.45) is 0 Å². The fourth-order valence-electron chi connectivity index (χ4n) is 5.54. The average molecular weight is 526 g/mol. The summed E-state index contributed by atoms with van der Waals surface area (Å²) in [6.45, 7) is 7.46. The van der Waals surface area contributed by atoms with Crippen LogP contribution in [-0.4, -0.2) is 70.4 Å². The number of halogens is 2. The van der Waals surface area contributed by atoms with Gasteiger partial charge >= 0.3 is 6.09 Å². The van der Waals surface area contributed by atoms with Gasteiger partial charge in [0.2, 0.25) is 15.0 Å². The summed E-state index contributed by atoms with van der Waals surface area (Å²) in [6, 6.07) is -0.370. The quantitative estimate of drug-likeness (QED) is 0.429. The van der Waals surface area contributed by atoms with Crippen LogP contribution in [0.4, 0.5) is 15.0 Å².